The van der Waals surface area contributed by atoms with Crippen molar-refractivity contribution in [2.24, 2.45) is 0 Å². The molecule has 7 heteroatoms. The van der Waals surface area contributed by atoms with Gasteiger partial charge < -0.3 is 25.1 Å². The predicted molar refractivity (Wildman–Crippen MR) is 80.3 cm³/mol. The summed E-state index contributed by atoms with van der Waals surface area (Å²) in [5, 5.41) is 8.37. The molecular weight excluding hydrogens is 286 g/mol. The number of carbonyl (C=O) groups is 2. The van der Waals surface area contributed by atoms with Gasteiger partial charge in [0.1, 0.15) is 11.8 Å². The molecule has 2 rings (SSSR count). The number of urea groups is 1. The number of amides is 3. The first kappa shape index (κ1) is 16.4. The molecule has 0 saturated carbocycles. The van der Waals surface area contributed by atoms with Gasteiger partial charge in [-0.25, -0.2) is 4.79 Å². The van der Waals surface area contributed by atoms with E-state index in [2.05, 4.69) is 16.0 Å². The molecule has 3 N–H and O–H groups in total. The lowest BCUT2D eigenvalue weighted by Gasteiger charge is -2.20. The van der Waals surface area contributed by atoms with Crippen molar-refractivity contribution in [2.75, 3.05) is 20.3 Å². The summed E-state index contributed by atoms with van der Waals surface area (Å²) < 4.78 is 10.4. The number of hydrogen-bond acceptors (Lipinski definition) is 4. The van der Waals surface area contributed by atoms with Crippen molar-refractivity contribution in [2.45, 2.75) is 37.8 Å². The van der Waals surface area contributed by atoms with E-state index in [9.17, 15) is 9.59 Å². The summed E-state index contributed by atoms with van der Waals surface area (Å²) >= 11 is 0. The highest BCUT2D eigenvalue weighted by Gasteiger charge is 2.24. The first-order valence-electron chi connectivity index (χ1n) is 7.58. The molecule has 3 amide bonds. The second kappa shape index (κ2) is 8.43. The molecule has 0 bridgehead atoms. The third-order valence-corrected chi connectivity index (χ3v) is 3.64. The van der Waals surface area contributed by atoms with E-state index in [1.54, 1.807) is 25.5 Å². The highest BCUT2D eigenvalue weighted by molar-refractivity contribution is 5.87. The van der Waals surface area contributed by atoms with Crippen LogP contribution in [-0.4, -0.2) is 38.2 Å². The number of hydrogen-bond donors (Lipinski definition) is 3. The van der Waals surface area contributed by atoms with Gasteiger partial charge in [-0.15, -0.1) is 0 Å². The predicted octanol–water partition coefficient (Wildman–Crippen LogP) is 1.33. The van der Waals surface area contributed by atoms with E-state index in [0.29, 0.717) is 31.8 Å². The Labute approximate surface area is 129 Å². The zero-order valence-corrected chi connectivity index (χ0v) is 12.8. The molecule has 22 heavy (non-hydrogen) atoms. The van der Waals surface area contributed by atoms with Gasteiger partial charge in [-0.1, -0.05) is 0 Å². The van der Waals surface area contributed by atoms with E-state index in [0.717, 1.165) is 12.8 Å². The summed E-state index contributed by atoms with van der Waals surface area (Å²) in [4.78, 5) is 24.0. The van der Waals surface area contributed by atoms with Crippen molar-refractivity contribution in [3.63, 3.8) is 0 Å². The third-order valence-electron chi connectivity index (χ3n) is 3.64. The SMILES string of the molecule is COCC[C@H](NC(=O)N[C@@H]1CCCCNC1=O)c1ccco1. The fourth-order valence-corrected chi connectivity index (χ4v) is 2.45. The first-order chi connectivity index (χ1) is 10.7. The third kappa shape index (κ3) is 4.77. The lowest BCUT2D eigenvalue weighted by molar-refractivity contribution is -0.122. The molecule has 0 aliphatic carbocycles. The first-order valence-corrected chi connectivity index (χ1v) is 7.58. The van der Waals surface area contributed by atoms with Gasteiger partial charge in [0.25, 0.3) is 0 Å². The topological polar surface area (TPSA) is 92.6 Å². The number of ether oxygens (including phenoxy) is 1. The van der Waals surface area contributed by atoms with Crippen molar-refractivity contribution in [1.29, 1.82) is 0 Å². The van der Waals surface area contributed by atoms with Crippen molar-refractivity contribution >= 4 is 11.9 Å². The second-order valence-electron chi connectivity index (χ2n) is 5.31. The maximum absolute atomic E-state index is 12.2. The number of carbonyl (C=O) groups excluding carboxylic acids is 2. The highest BCUT2D eigenvalue weighted by Crippen LogP contribution is 2.17. The van der Waals surface area contributed by atoms with E-state index in [1.165, 1.54) is 0 Å². The Kier molecular flexibility index (Phi) is 6.27. The smallest absolute Gasteiger partial charge is 0.316 e. The van der Waals surface area contributed by atoms with Gasteiger partial charge in [0.05, 0.1) is 12.3 Å². The Hall–Kier alpha value is -2.02. The molecule has 1 aliphatic rings. The minimum Gasteiger partial charge on any atom is -0.467 e. The van der Waals surface area contributed by atoms with Crippen LogP contribution in [0.1, 0.15) is 37.5 Å². The average Bonchev–Trinajstić information content (AvgIpc) is 2.96. The summed E-state index contributed by atoms with van der Waals surface area (Å²) in [7, 11) is 1.61. The molecule has 1 saturated heterocycles. The molecule has 122 valence electrons. The molecule has 1 aliphatic heterocycles. The van der Waals surface area contributed by atoms with E-state index < -0.39 is 6.04 Å². The van der Waals surface area contributed by atoms with E-state index in [-0.39, 0.29) is 18.0 Å². The zero-order valence-electron chi connectivity index (χ0n) is 12.8. The Morgan fingerprint density at radius 3 is 3.14 bits per heavy atom. The van der Waals surface area contributed by atoms with Gasteiger partial charge >= 0.3 is 6.03 Å². The molecule has 1 fully saturated rings. The van der Waals surface area contributed by atoms with E-state index >= 15 is 0 Å². The average molecular weight is 309 g/mol. The van der Waals surface area contributed by atoms with Gasteiger partial charge in [0, 0.05) is 20.3 Å². The number of furan rings is 1. The van der Waals surface area contributed by atoms with Crippen LogP contribution >= 0.6 is 0 Å². The normalized spacial score (nSPS) is 19.9. The summed E-state index contributed by atoms with van der Waals surface area (Å²) in [6.07, 6.45) is 4.66. The fourth-order valence-electron chi connectivity index (χ4n) is 2.45. The Morgan fingerprint density at radius 1 is 1.55 bits per heavy atom. The van der Waals surface area contributed by atoms with Gasteiger partial charge in [-0.05, 0) is 37.8 Å². The summed E-state index contributed by atoms with van der Waals surface area (Å²) in [6.45, 7) is 1.16. The number of methoxy groups -OCH3 is 1. The highest BCUT2D eigenvalue weighted by atomic mass is 16.5. The molecule has 7 nitrogen and oxygen atoms in total. The Bertz CT molecular complexity index is 475. The second-order valence-corrected chi connectivity index (χ2v) is 5.31. The molecule has 0 spiro atoms. The fraction of sp³-hybridized carbons (Fsp3) is 0.600. The van der Waals surface area contributed by atoms with Crippen LogP contribution in [0.25, 0.3) is 0 Å². The van der Waals surface area contributed by atoms with Crippen molar-refractivity contribution in [1.82, 2.24) is 16.0 Å². The van der Waals surface area contributed by atoms with Crippen LogP contribution < -0.4 is 16.0 Å². The molecule has 2 atom stereocenters. The van der Waals surface area contributed by atoms with Crippen LogP contribution in [0.3, 0.4) is 0 Å². The monoisotopic (exact) mass is 309 g/mol. The van der Waals surface area contributed by atoms with Crippen LogP contribution in [0.5, 0.6) is 0 Å². The number of nitrogens with one attached hydrogen (secondary N) is 3. The molecule has 0 aromatic carbocycles. The van der Waals surface area contributed by atoms with Crippen LogP contribution in [0.2, 0.25) is 0 Å². The Morgan fingerprint density at radius 2 is 2.41 bits per heavy atom. The molecule has 0 radical (unpaired) electrons. The standard InChI is InChI=1S/C15H23N3O4/c1-21-10-7-11(13-6-4-9-22-13)17-15(20)18-12-5-2-3-8-16-14(12)19/h4,6,9,11-12H,2-3,5,7-8,10H2,1H3,(H,16,19)(H2,17,18,20)/t11-,12+/m0/s1. The molecule has 2 heterocycles. The number of rotatable bonds is 6. The summed E-state index contributed by atoms with van der Waals surface area (Å²) in [5.41, 5.74) is 0. The summed E-state index contributed by atoms with van der Waals surface area (Å²) in [5.74, 6) is 0.539. The minimum absolute atomic E-state index is 0.126. The van der Waals surface area contributed by atoms with Gasteiger partial charge in [0.2, 0.25) is 5.91 Å². The van der Waals surface area contributed by atoms with Crippen molar-refractivity contribution < 1.29 is 18.7 Å². The van der Waals surface area contributed by atoms with Gasteiger partial charge in [-0.2, -0.15) is 0 Å². The molecular formula is C15H23N3O4. The van der Waals surface area contributed by atoms with E-state index in [1.807, 2.05) is 0 Å². The largest absolute Gasteiger partial charge is 0.467 e. The quantitative estimate of drug-likeness (QED) is 0.739. The van der Waals surface area contributed by atoms with Gasteiger partial charge in [-0.3, -0.25) is 4.79 Å². The molecule has 1 aromatic heterocycles. The van der Waals surface area contributed by atoms with Gasteiger partial charge in [0.15, 0.2) is 0 Å². The van der Waals surface area contributed by atoms with Crippen LogP contribution in [-0.2, 0) is 9.53 Å². The van der Waals surface area contributed by atoms with Crippen molar-refractivity contribution in [3.8, 4) is 0 Å². The molecule has 0 unspecified atom stereocenters. The lowest BCUT2D eigenvalue weighted by Crippen LogP contribution is -2.49. The van der Waals surface area contributed by atoms with Crippen LogP contribution in [0, 0.1) is 0 Å². The molecule has 1 aromatic rings. The maximum atomic E-state index is 12.2. The summed E-state index contributed by atoms with van der Waals surface area (Å²) in [6, 6.07) is 2.43. The van der Waals surface area contributed by atoms with Crippen LogP contribution in [0.15, 0.2) is 22.8 Å². The van der Waals surface area contributed by atoms with E-state index in [4.69, 9.17) is 9.15 Å². The lowest BCUT2D eigenvalue weighted by atomic mass is 10.1. The minimum atomic E-state index is -0.484. The maximum Gasteiger partial charge on any atom is 0.316 e. The zero-order chi connectivity index (χ0) is 15.8. The van der Waals surface area contributed by atoms with Crippen LogP contribution in [0.4, 0.5) is 4.79 Å². The van der Waals surface area contributed by atoms with Crippen molar-refractivity contribution in [3.05, 3.63) is 24.2 Å². The Balaban J connectivity index is 1.91.